The third-order valence-electron chi connectivity index (χ3n) is 6.17. The van der Waals surface area contributed by atoms with Gasteiger partial charge in [0.1, 0.15) is 5.84 Å². The molecule has 1 saturated heterocycles. The van der Waals surface area contributed by atoms with Gasteiger partial charge in [0.25, 0.3) is 0 Å². The predicted molar refractivity (Wildman–Crippen MR) is 132 cm³/mol. The first-order chi connectivity index (χ1) is 14.3. The van der Waals surface area contributed by atoms with E-state index in [1.165, 1.54) is 0 Å². The number of benzene rings is 1. The first-order valence-corrected chi connectivity index (χ1v) is 11.0. The Morgan fingerprint density at radius 3 is 2.06 bits per heavy atom. The summed E-state index contributed by atoms with van der Waals surface area (Å²) in [6.07, 6.45) is 4.83. The topological polar surface area (TPSA) is 109 Å². The van der Waals surface area contributed by atoms with Crippen LogP contribution in [0.4, 0.5) is 5.69 Å². The van der Waals surface area contributed by atoms with Crippen LogP contribution in [0, 0.1) is 17.2 Å². The molecule has 1 aliphatic carbocycles. The van der Waals surface area contributed by atoms with E-state index in [1.807, 2.05) is 38.1 Å². The lowest BCUT2D eigenvalue weighted by molar-refractivity contribution is -0.153. The first kappa shape index (κ1) is 28.0. The Labute approximate surface area is 203 Å². The van der Waals surface area contributed by atoms with Gasteiger partial charge in [-0.15, -0.1) is 24.8 Å². The minimum absolute atomic E-state index is 0. The highest BCUT2D eigenvalue weighted by Crippen LogP contribution is 2.28. The Hall–Kier alpha value is -1.99. The van der Waals surface area contributed by atoms with Crippen LogP contribution in [-0.2, 0) is 14.3 Å². The smallest absolute Gasteiger partial charge is 0.309 e. The summed E-state index contributed by atoms with van der Waals surface area (Å²) in [6, 6.07) is 7.87. The van der Waals surface area contributed by atoms with Gasteiger partial charge in [-0.05, 0) is 76.6 Å². The van der Waals surface area contributed by atoms with Crippen molar-refractivity contribution >= 4 is 48.2 Å². The second kappa shape index (κ2) is 12.9. The van der Waals surface area contributed by atoms with Crippen molar-refractivity contribution in [1.29, 1.82) is 5.41 Å². The fourth-order valence-corrected chi connectivity index (χ4v) is 4.37. The number of nitrogen functional groups attached to an aromatic ring is 1. The number of carbonyl (C=O) groups is 2. The van der Waals surface area contributed by atoms with Crippen molar-refractivity contribution in [2.45, 2.75) is 64.5 Å². The fraction of sp³-hybridized carbons (Fsp3) is 0.609. The van der Waals surface area contributed by atoms with Gasteiger partial charge in [0.15, 0.2) is 0 Å². The summed E-state index contributed by atoms with van der Waals surface area (Å²) in [4.78, 5) is 27.1. The summed E-state index contributed by atoms with van der Waals surface area (Å²) in [7, 11) is 0. The van der Waals surface area contributed by atoms with E-state index < -0.39 is 0 Å². The quantitative estimate of drug-likeness (QED) is 0.323. The van der Waals surface area contributed by atoms with E-state index in [2.05, 4.69) is 10.2 Å². The third kappa shape index (κ3) is 7.55. The molecule has 9 heteroatoms. The van der Waals surface area contributed by atoms with Gasteiger partial charge in [-0.2, -0.15) is 0 Å². The highest BCUT2D eigenvalue weighted by molar-refractivity contribution is 5.95. The molecule has 0 radical (unpaired) electrons. The van der Waals surface area contributed by atoms with E-state index >= 15 is 0 Å². The molecule has 0 atom stereocenters. The molecule has 4 N–H and O–H groups in total. The second-order valence-electron chi connectivity index (χ2n) is 8.76. The summed E-state index contributed by atoms with van der Waals surface area (Å²) in [5, 5.41) is 10.7. The van der Waals surface area contributed by atoms with Crippen molar-refractivity contribution in [3.8, 4) is 0 Å². The van der Waals surface area contributed by atoms with E-state index in [-0.39, 0.29) is 66.5 Å². The lowest BCUT2D eigenvalue weighted by Gasteiger charge is -2.34. The molecule has 3 rings (SSSR count). The zero-order valence-electron chi connectivity index (χ0n) is 18.8. The maximum Gasteiger partial charge on any atom is 0.309 e. The first-order valence-electron chi connectivity index (χ1n) is 11.0. The van der Waals surface area contributed by atoms with Gasteiger partial charge in [0, 0.05) is 36.3 Å². The maximum absolute atomic E-state index is 12.7. The van der Waals surface area contributed by atoms with Crippen molar-refractivity contribution < 1.29 is 14.3 Å². The molecule has 1 aromatic rings. The highest BCUT2D eigenvalue weighted by atomic mass is 35.5. The van der Waals surface area contributed by atoms with Gasteiger partial charge >= 0.3 is 5.97 Å². The molecular formula is C23H36Cl2N4O3. The molecule has 1 saturated carbocycles. The number of halogens is 2. The van der Waals surface area contributed by atoms with Gasteiger partial charge in [-0.25, -0.2) is 0 Å². The summed E-state index contributed by atoms with van der Waals surface area (Å²) >= 11 is 0. The normalized spacial score (nSPS) is 21.2. The molecule has 2 aliphatic rings. The Morgan fingerprint density at radius 1 is 1.00 bits per heavy atom. The number of hydrogen-bond donors (Lipinski definition) is 3. The van der Waals surface area contributed by atoms with Crippen LogP contribution in [0.3, 0.4) is 0 Å². The molecule has 1 aromatic carbocycles. The van der Waals surface area contributed by atoms with Crippen LogP contribution in [0.25, 0.3) is 0 Å². The van der Waals surface area contributed by atoms with Gasteiger partial charge in [0.2, 0.25) is 5.91 Å². The van der Waals surface area contributed by atoms with Crippen LogP contribution >= 0.6 is 24.8 Å². The van der Waals surface area contributed by atoms with Gasteiger partial charge in [-0.3, -0.25) is 15.0 Å². The van der Waals surface area contributed by atoms with Crippen molar-refractivity contribution in [3.63, 3.8) is 0 Å². The van der Waals surface area contributed by atoms with Crippen molar-refractivity contribution in [1.82, 2.24) is 5.32 Å². The summed E-state index contributed by atoms with van der Waals surface area (Å²) in [5.74, 6) is 0.135. The van der Waals surface area contributed by atoms with Crippen LogP contribution in [-0.4, -0.2) is 42.9 Å². The minimum atomic E-state index is -0.0986. The maximum atomic E-state index is 12.7. The molecule has 0 unspecified atom stereocenters. The number of nitrogens with two attached hydrogens (primary N) is 1. The Balaban J connectivity index is 0.00000256. The number of nitrogens with zero attached hydrogens (tertiary/aromatic N) is 1. The van der Waals surface area contributed by atoms with Crippen molar-refractivity contribution in [3.05, 3.63) is 29.8 Å². The number of amides is 1. The SMILES string of the molecule is CC(C)OC(=O)[C@H]1CC[C@H](NC(=O)C2CCN(c3ccc(C(=N)N)cc3)CC2)CC1.Cl.Cl. The number of nitrogens with one attached hydrogen (secondary N) is 2. The molecule has 1 heterocycles. The fourth-order valence-electron chi connectivity index (χ4n) is 4.37. The molecule has 1 aliphatic heterocycles. The standard InChI is InChI=1S/C23H34N4O3.2ClH/c1-15(2)30-23(29)18-3-7-19(8-4-18)26-22(28)17-11-13-27(14-12-17)20-9-5-16(6-10-20)21(24)25;;/h5-6,9-10,15,17-19H,3-4,7-8,11-14H2,1-2H3,(H3,24,25)(H,26,28);2*1H/t18-,19-;;. The molecule has 0 aromatic heterocycles. The molecule has 0 bridgehead atoms. The van der Waals surface area contributed by atoms with E-state index in [0.717, 1.165) is 62.9 Å². The predicted octanol–water partition coefficient (Wildman–Crippen LogP) is 3.66. The monoisotopic (exact) mass is 486 g/mol. The van der Waals surface area contributed by atoms with E-state index in [0.29, 0.717) is 0 Å². The second-order valence-corrected chi connectivity index (χ2v) is 8.76. The molecule has 0 spiro atoms. The number of piperidine rings is 1. The van der Waals surface area contributed by atoms with Gasteiger partial charge < -0.3 is 20.7 Å². The molecule has 7 nitrogen and oxygen atoms in total. The number of ether oxygens (including phenoxy) is 1. The molecule has 32 heavy (non-hydrogen) atoms. The zero-order chi connectivity index (χ0) is 21.7. The Kier molecular flexibility index (Phi) is 11.3. The van der Waals surface area contributed by atoms with Crippen LogP contribution in [0.2, 0.25) is 0 Å². The molecule has 2 fully saturated rings. The Bertz CT molecular complexity index is 757. The zero-order valence-corrected chi connectivity index (χ0v) is 20.5. The summed E-state index contributed by atoms with van der Waals surface area (Å²) in [5.41, 5.74) is 7.34. The Morgan fingerprint density at radius 2 is 1.56 bits per heavy atom. The van der Waals surface area contributed by atoms with E-state index in [9.17, 15) is 9.59 Å². The molecular weight excluding hydrogens is 451 g/mol. The molecule has 180 valence electrons. The largest absolute Gasteiger partial charge is 0.463 e. The minimum Gasteiger partial charge on any atom is -0.463 e. The average molecular weight is 487 g/mol. The number of rotatable bonds is 6. The van der Waals surface area contributed by atoms with Crippen LogP contribution in [0.1, 0.15) is 57.9 Å². The van der Waals surface area contributed by atoms with Gasteiger partial charge in [-0.1, -0.05) is 0 Å². The van der Waals surface area contributed by atoms with Crippen LogP contribution in [0.5, 0.6) is 0 Å². The summed E-state index contributed by atoms with van der Waals surface area (Å²) in [6.45, 7) is 5.42. The lowest BCUT2D eigenvalue weighted by atomic mass is 9.85. The number of carbonyl (C=O) groups excluding carboxylic acids is 2. The highest BCUT2D eigenvalue weighted by Gasteiger charge is 2.31. The molecule has 1 amide bonds. The van der Waals surface area contributed by atoms with Crippen molar-refractivity contribution in [2.75, 3.05) is 18.0 Å². The average Bonchev–Trinajstić information content (AvgIpc) is 2.74. The van der Waals surface area contributed by atoms with Crippen molar-refractivity contribution in [2.24, 2.45) is 17.6 Å². The van der Waals surface area contributed by atoms with Gasteiger partial charge in [0.05, 0.1) is 12.0 Å². The van der Waals surface area contributed by atoms with E-state index in [1.54, 1.807) is 0 Å². The van der Waals surface area contributed by atoms with Crippen LogP contribution < -0.4 is 16.0 Å². The van der Waals surface area contributed by atoms with E-state index in [4.69, 9.17) is 15.9 Å². The van der Waals surface area contributed by atoms with Crippen LogP contribution in [0.15, 0.2) is 24.3 Å². The number of anilines is 1. The number of amidine groups is 1. The number of esters is 1. The summed E-state index contributed by atoms with van der Waals surface area (Å²) < 4.78 is 5.32. The lowest BCUT2D eigenvalue weighted by Crippen LogP contribution is -2.45. The number of hydrogen-bond acceptors (Lipinski definition) is 5. The third-order valence-corrected chi connectivity index (χ3v) is 6.17.